The van der Waals surface area contributed by atoms with Crippen LogP contribution in [0.25, 0.3) is 10.8 Å². The standard InChI is InChI=1S/C17H20N2O3/c1-19(13-7-8-14(22-2)16(13)20)17(21)15-12-6-4-3-5-11(12)9-10-18-15/h3-6,9-10,13-14,16,20H,7-8H2,1-2H3/t13-,14-,16-/m1/s1. The van der Waals surface area contributed by atoms with Gasteiger partial charge in [0.15, 0.2) is 0 Å². The van der Waals surface area contributed by atoms with E-state index in [-0.39, 0.29) is 18.1 Å². The Bertz CT molecular complexity index is 683. The summed E-state index contributed by atoms with van der Waals surface area (Å²) in [7, 11) is 3.31. The number of hydrogen-bond acceptors (Lipinski definition) is 4. The topological polar surface area (TPSA) is 62.7 Å². The molecular formula is C17H20N2O3. The van der Waals surface area contributed by atoms with E-state index in [9.17, 15) is 9.90 Å². The van der Waals surface area contributed by atoms with Crippen LogP contribution in [-0.2, 0) is 4.74 Å². The monoisotopic (exact) mass is 300 g/mol. The van der Waals surface area contributed by atoms with Gasteiger partial charge >= 0.3 is 0 Å². The number of benzene rings is 1. The predicted molar refractivity (Wildman–Crippen MR) is 83.7 cm³/mol. The van der Waals surface area contributed by atoms with Crippen molar-refractivity contribution in [3.8, 4) is 0 Å². The van der Waals surface area contributed by atoms with E-state index in [4.69, 9.17) is 4.74 Å². The number of aliphatic hydroxyl groups is 1. The Balaban J connectivity index is 1.90. The van der Waals surface area contributed by atoms with Gasteiger partial charge in [-0.05, 0) is 24.3 Å². The first-order valence-electron chi connectivity index (χ1n) is 7.45. The zero-order valence-electron chi connectivity index (χ0n) is 12.8. The van der Waals surface area contributed by atoms with Crippen molar-refractivity contribution in [3.63, 3.8) is 0 Å². The number of aromatic nitrogens is 1. The second-order valence-electron chi connectivity index (χ2n) is 5.71. The van der Waals surface area contributed by atoms with Gasteiger partial charge in [0.2, 0.25) is 0 Å². The van der Waals surface area contributed by atoms with Crippen LogP contribution in [0.4, 0.5) is 0 Å². The van der Waals surface area contributed by atoms with Crippen molar-refractivity contribution >= 4 is 16.7 Å². The average molecular weight is 300 g/mol. The summed E-state index contributed by atoms with van der Waals surface area (Å²) in [5, 5.41) is 12.1. The van der Waals surface area contributed by atoms with Crippen molar-refractivity contribution < 1.29 is 14.6 Å². The normalized spacial score (nSPS) is 24.6. The molecule has 0 saturated heterocycles. The number of nitrogens with zero attached hydrogens (tertiary/aromatic N) is 2. The molecule has 0 bridgehead atoms. The molecule has 1 aliphatic rings. The largest absolute Gasteiger partial charge is 0.388 e. The fourth-order valence-corrected chi connectivity index (χ4v) is 3.21. The zero-order chi connectivity index (χ0) is 15.7. The molecule has 1 aromatic carbocycles. The van der Waals surface area contributed by atoms with Gasteiger partial charge in [-0.1, -0.05) is 24.3 Å². The summed E-state index contributed by atoms with van der Waals surface area (Å²) in [5.74, 6) is -0.169. The van der Waals surface area contributed by atoms with Crippen LogP contribution in [0.2, 0.25) is 0 Å². The molecule has 1 aromatic heterocycles. The molecule has 5 heteroatoms. The van der Waals surface area contributed by atoms with Crippen LogP contribution in [0.3, 0.4) is 0 Å². The third-order valence-corrected chi connectivity index (χ3v) is 4.52. The lowest BCUT2D eigenvalue weighted by Gasteiger charge is -2.28. The second-order valence-corrected chi connectivity index (χ2v) is 5.71. The van der Waals surface area contributed by atoms with Gasteiger partial charge in [-0.15, -0.1) is 0 Å². The first-order chi connectivity index (χ1) is 10.6. The molecule has 1 fully saturated rings. The van der Waals surface area contributed by atoms with Gasteiger partial charge < -0.3 is 14.7 Å². The molecule has 0 aliphatic heterocycles. The summed E-state index contributed by atoms with van der Waals surface area (Å²) in [6.07, 6.45) is 2.26. The highest BCUT2D eigenvalue weighted by atomic mass is 16.5. The number of ether oxygens (including phenoxy) is 1. The zero-order valence-corrected chi connectivity index (χ0v) is 12.8. The molecule has 3 atom stereocenters. The molecular weight excluding hydrogens is 280 g/mol. The van der Waals surface area contributed by atoms with E-state index in [0.717, 1.165) is 23.6 Å². The van der Waals surface area contributed by atoms with Crippen LogP contribution >= 0.6 is 0 Å². The molecule has 1 aliphatic carbocycles. The molecule has 1 heterocycles. The fourth-order valence-electron chi connectivity index (χ4n) is 3.21. The number of amides is 1. The lowest BCUT2D eigenvalue weighted by Crippen LogP contribution is -2.44. The van der Waals surface area contributed by atoms with E-state index in [2.05, 4.69) is 4.98 Å². The molecule has 0 radical (unpaired) electrons. The van der Waals surface area contributed by atoms with Crippen LogP contribution in [-0.4, -0.2) is 53.3 Å². The maximum atomic E-state index is 12.8. The number of carbonyl (C=O) groups is 1. The molecule has 2 aromatic rings. The minimum atomic E-state index is -0.658. The van der Waals surface area contributed by atoms with E-state index in [1.54, 1.807) is 25.3 Å². The molecule has 1 N–H and O–H groups in total. The Labute approximate surface area is 129 Å². The quantitative estimate of drug-likeness (QED) is 0.939. The molecule has 3 rings (SSSR count). The van der Waals surface area contributed by atoms with Gasteiger partial charge in [0.05, 0.1) is 12.1 Å². The average Bonchev–Trinajstić information content (AvgIpc) is 2.93. The third-order valence-electron chi connectivity index (χ3n) is 4.52. The number of carbonyl (C=O) groups excluding carboxylic acids is 1. The molecule has 5 nitrogen and oxygen atoms in total. The van der Waals surface area contributed by atoms with Gasteiger partial charge in [-0.3, -0.25) is 9.78 Å². The van der Waals surface area contributed by atoms with Crippen molar-refractivity contribution in [3.05, 3.63) is 42.2 Å². The number of aliphatic hydroxyl groups excluding tert-OH is 1. The van der Waals surface area contributed by atoms with E-state index < -0.39 is 6.10 Å². The summed E-state index contributed by atoms with van der Waals surface area (Å²) >= 11 is 0. The van der Waals surface area contributed by atoms with Gasteiger partial charge in [-0.2, -0.15) is 0 Å². The number of methoxy groups -OCH3 is 1. The summed E-state index contributed by atoms with van der Waals surface area (Å²) in [5.41, 5.74) is 0.425. The van der Waals surface area contributed by atoms with E-state index in [1.165, 1.54) is 0 Å². The highest BCUT2D eigenvalue weighted by Gasteiger charge is 2.39. The van der Waals surface area contributed by atoms with Gasteiger partial charge in [0, 0.05) is 25.7 Å². The molecule has 1 amide bonds. The Morgan fingerprint density at radius 1 is 1.32 bits per heavy atom. The number of pyridine rings is 1. The number of likely N-dealkylation sites (N-methyl/N-ethyl adjacent to an activating group) is 1. The first kappa shape index (κ1) is 14.9. The van der Waals surface area contributed by atoms with Crippen molar-refractivity contribution in [2.45, 2.75) is 31.1 Å². The maximum absolute atomic E-state index is 12.8. The smallest absolute Gasteiger partial charge is 0.273 e. The number of hydrogen-bond donors (Lipinski definition) is 1. The summed E-state index contributed by atoms with van der Waals surface area (Å²) in [6, 6.07) is 9.33. The lowest BCUT2D eigenvalue weighted by molar-refractivity contribution is -0.0156. The summed E-state index contributed by atoms with van der Waals surface area (Å²) in [4.78, 5) is 18.7. The van der Waals surface area contributed by atoms with Crippen LogP contribution in [0.5, 0.6) is 0 Å². The van der Waals surface area contributed by atoms with E-state index >= 15 is 0 Å². The highest BCUT2D eigenvalue weighted by Crippen LogP contribution is 2.27. The Hall–Kier alpha value is -1.98. The lowest BCUT2D eigenvalue weighted by atomic mass is 10.1. The minimum Gasteiger partial charge on any atom is -0.388 e. The fraction of sp³-hybridized carbons (Fsp3) is 0.412. The molecule has 116 valence electrons. The summed E-state index contributed by atoms with van der Waals surface area (Å²) < 4.78 is 5.26. The van der Waals surface area contributed by atoms with Gasteiger partial charge in [-0.25, -0.2) is 0 Å². The van der Waals surface area contributed by atoms with Crippen molar-refractivity contribution in [2.75, 3.05) is 14.2 Å². The van der Waals surface area contributed by atoms with Crippen LogP contribution < -0.4 is 0 Å². The van der Waals surface area contributed by atoms with Gasteiger partial charge in [0.1, 0.15) is 11.8 Å². The SMILES string of the molecule is CO[C@@H]1CC[C@@H](N(C)C(=O)c2nccc3ccccc23)[C@H]1O. The third kappa shape index (κ3) is 2.46. The predicted octanol–water partition coefficient (Wildman–Crippen LogP) is 1.85. The van der Waals surface area contributed by atoms with Crippen LogP contribution in [0, 0.1) is 0 Å². The van der Waals surface area contributed by atoms with E-state index in [1.807, 2.05) is 30.3 Å². The van der Waals surface area contributed by atoms with Gasteiger partial charge in [0.25, 0.3) is 5.91 Å². The molecule has 0 spiro atoms. The van der Waals surface area contributed by atoms with Crippen LogP contribution in [0.15, 0.2) is 36.5 Å². The molecule has 22 heavy (non-hydrogen) atoms. The number of rotatable bonds is 3. The van der Waals surface area contributed by atoms with Crippen molar-refractivity contribution in [1.82, 2.24) is 9.88 Å². The maximum Gasteiger partial charge on any atom is 0.273 e. The summed E-state index contributed by atoms with van der Waals surface area (Å²) in [6.45, 7) is 0. The Kier molecular flexibility index (Phi) is 4.09. The van der Waals surface area contributed by atoms with Crippen molar-refractivity contribution in [1.29, 1.82) is 0 Å². The Morgan fingerprint density at radius 2 is 2.09 bits per heavy atom. The Morgan fingerprint density at radius 3 is 2.82 bits per heavy atom. The van der Waals surface area contributed by atoms with E-state index in [0.29, 0.717) is 5.69 Å². The first-order valence-corrected chi connectivity index (χ1v) is 7.45. The highest BCUT2D eigenvalue weighted by molar-refractivity contribution is 6.05. The second kappa shape index (κ2) is 6.02. The molecule has 1 saturated carbocycles. The van der Waals surface area contributed by atoms with Crippen molar-refractivity contribution in [2.24, 2.45) is 0 Å². The van der Waals surface area contributed by atoms with Crippen LogP contribution in [0.1, 0.15) is 23.3 Å². The number of fused-ring (bicyclic) bond motifs is 1. The molecule has 0 unspecified atom stereocenters. The minimum absolute atomic E-state index is 0.169.